The SMILES string of the molecule is CCC(CO)NC(=O)[C@@H](C)c1ccc2cc(OC)ccc2c1. The van der Waals surface area contributed by atoms with E-state index in [1.165, 1.54) is 0 Å². The van der Waals surface area contributed by atoms with Crippen molar-refractivity contribution >= 4 is 16.7 Å². The number of amides is 1. The topological polar surface area (TPSA) is 58.6 Å². The van der Waals surface area contributed by atoms with Crippen LogP contribution in [0.5, 0.6) is 5.75 Å². The molecule has 0 radical (unpaired) electrons. The molecule has 0 heterocycles. The Morgan fingerprint density at radius 1 is 1.23 bits per heavy atom. The zero-order chi connectivity index (χ0) is 16.1. The van der Waals surface area contributed by atoms with Gasteiger partial charge in [-0.1, -0.05) is 31.2 Å². The molecule has 1 amide bonds. The maximum atomic E-state index is 12.3. The number of aliphatic hydroxyl groups is 1. The number of carbonyl (C=O) groups is 1. The van der Waals surface area contributed by atoms with Crippen molar-refractivity contribution < 1.29 is 14.6 Å². The third-order valence-electron chi connectivity index (χ3n) is 4.02. The van der Waals surface area contributed by atoms with Crippen molar-refractivity contribution in [1.82, 2.24) is 5.32 Å². The van der Waals surface area contributed by atoms with Gasteiger partial charge in [-0.3, -0.25) is 4.79 Å². The van der Waals surface area contributed by atoms with E-state index in [2.05, 4.69) is 5.32 Å². The molecule has 0 fully saturated rings. The van der Waals surface area contributed by atoms with Crippen molar-refractivity contribution in [3.05, 3.63) is 42.0 Å². The van der Waals surface area contributed by atoms with Crippen LogP contribution in [0.25, 0.3) is 10.8 Å². The summed E-state index contributed by atoms with van der Waals surface area (Å²) in [6.45, 7) is 3.78. The van der Waals surface area contributed by atoms with Crippen LogP contribution in [0.2, 0.25) is 0 Å². The summed E-state index contributed by atoms with van der Waals surface area (Å²) in [6, 6.07) is 11.7. The number of benzene rings is 2. The molecule has 2 atom stereocenters. The van der Waals surface area contributed by atoms with Crippen LogP contribution in [0.3, 0.4) is 0 Å². The lowest BCUT2D eigenvalue weighted by molar-refractivity contribution is -0.123. The molecule has 2 aromatic carbocycles. The summed E-state index contributed by atoms with van der Waals surface area (Å²) in [5, 5.41) is 14.2. The largest absolute Gasteiger partial charge is 0.497 e. The fourth-order valence-corrected chi connectivity index (χ4v) is 2.39. The first-order valence-corrected chi connectivity index (χ1v) is 7.58. The molecular weight excluding hydrogens is 278 g/mol. The molecule has 0 spiro atoms. The molecule has 1 unspecified atom stereocenters. The number of rotatable bonds is 6. The van der Waals surface area contributed by atoms with Gasteiger partial charge in [0.05, 0.1) is 25.7 Å². The van der Waals surface area contributed by atoms with E-state index < -0.39 is 0 Å². The number of fused-ring (bicyclic) bond motifs is 1. The van der Waals surface area contributed by atoms with Crippen LogP contribution in [-0.4, -0.2) is 30.8 Å². The maximum Gasteiger partial charge on any atom is 0.227 e. The summed E-state index contributed by atoms with van der Waals surface area (Å²) in [5.74, 6) is 0.501. The third-order valence-corrected chi connectivity index (χ3v) is 4.02. The highest BCUT2D eigenvalue weighted by Gasteiger charge is 2.18. The van der Waals surface area contributed by atoms with Gasteiger partial charge >= 0.3 is 0 Å². The fraction of sp³-hybridized carbons (Fsp3) is 0.389. The van der Waals surface area contributed by atoms with E-state index in [9.17, 15) is 9.90 Å². The van der Waals surface area contributed by atoms with Crippen molar-refractivity contribution in [1.29, 1.82) is 0 Å². The minimum Gasteiger partial charge on any atom is -0.497 e. The Morgan fingerprint density at radius 2 is 1.91 bits per heavy atom. The predicted octanol–water partition coefficient (Wildman–Crippen LogP) is 2.84. The van der Waals surface area contributed by atoms with Crippen molar-refractivity contribution in [2.75, 3.05) is 13.7 Å². The standard InChI is InChI=1S/C18H23NO3/c1-4-16(11-20)19-18(21)12(2)13-5-6-15-10-17(22-3)8-7-14(15)9-13/h5-10,12,16,20H,4,11H2,1-3H3,(H,19,21)/t12-,16?/m0/s1. The van der Waals surface area contributed by atoms with Crippen LogP contribution < -0.4 is 10.1 Å². The van der Waals surface area contributed by atoms with Gasteiger partial charge in [0.15, 0.2) is 0 Å². The number of hydrogen-bond acceptors (Lipinski definition) is 3. The van der Waals surface area contributed by atoms with Gasteiger partial charge in [0.1, 0.15) is 5.75 Å². The van der Waals surface area contributed by atoms with Crippen LogP contribution in [0.15, 0.2) is 36.4 Å². The Labute approximate surface area is 131 Å². The molecule has 0 bridgehead atoms. The summed E-state index contributed by atoms with van der Waals surface area (Å²) in [6.07, 6.45) is 0.715. The number of ether oxygens (including phenoxy) is 1. The Hall–Kier alpha value is -2.07. The normalized spacial score (nSPS) is 13.6. The molecule has 2 N–H and O–H groups in total. The predicted molar refractivity (Wildman–Crippen MR) is 88.2 cm³/mol. The first-order chi connectivity index (χ1) is 10.6. The average Bonchev–Trinajstić information content (AvgIpc) is 2.57. The third kappa shape index (κ3) is 3.57. The van der Waals surface area contributed by atoms with Gasteiger partial charge < -0.3 is 15.2 Å². The number of carbonyl (C=O) groups excluding carboxylic acids is 1. The van der Waals surface area contributed by atoms with Crippen LogP contribution >= 0.6 is 0 Å². The number of methoxy groups -OCH3 is 1. The van der Waals surface area contributed by atoms with E-state index in [1.54, 1.807) is 7.11 Å². The second-order valence-electron chi connectivity index (χ2n) is 5.49. The lowest BCUT2D eigenvalue weighted by atomic mass is 9.96. The smallest absolute Gasteiger partial charge is 0.227 e. The highest BCUT2D eigenvalue weighted by Crippen LogP contribution is 2.25. The van der Waals surface area contributed by atoms with E-state index in [0.29, 0.717) is 6.42 Å². The molecule has 0 saturated heterocycles. The molecule has 2 aromatic rings. The van der Waals surface area contributed by atoms with E-state index in [-0.39, 0.29) is 24.5 Å². The molecule has 0 aliphatic heterocycles. The van der Waals surface area contributed by atoms with E-state index in [1.807, 2.05) is 50.2 Å². The summed E-state index contributed by atoms with van der Waals surface area (Å²) >= 11 is 0. The van der Waals surface area contributed by atoms with Crippen molar-refractivity contribution in [2.24, 2.45) is 0 Å². The Kier molecular flexibility index (Phi) is 5.39. The molecule has 2 rings (SSSR count). The summed E-state index contributed by atoms with van der Waals surface area (Å²) in [7, 11) is 1.65. The summed E-state index contributed by atoms with van der Waals surface area (Å²) in [5.41, 5.74) is 0.961. The van der Waals surface area contributed by atoms with Gasteiger partial charge in [0, 0.05) is 0 Å². The Morgan fingerprint density at radius 3 is 2.55 bits per heavy atom. The monoisotopic (exact) mass is 301 g/mol. The minimum atomic E-state index is -0.257. The number of hydrogen-bond donors (Lipinski definition) is 2. The zero-order valence-corrected chi connectivity index (χ0v) is 13.3. The van der Waals surface area contributed by atoms with Crippen LogP contribution in [0.4, 0.5) is 0 Å². The van der Waals surface area contributed by atoms with Gasteiger partial charge in [-0.25, -0.2) is 0 Å². The van der Waals surface area contributed by atoms with Gasteiger partial charge in [-0.2, -0.15) is 0 Å². The first-order valence-electron chi connectivity index (χ1n) is 7.58. The summed E-state index contributed by atoms with van der Waals surface area (Å²) < 4.78 is 5.22. The fourth-order valence-electron chi connectivity index (χ4n) is 2.39. The summed E-state index contributed by atoms with van der Waals surface area (Å²) in [4.78, 5) is 12.3. The van der Waals surface area contributed by atoms with Crippen molar-refractivity contribution in [2.45, 2.75) is 32.2 Å². The zero-order valence-electron chi connectivity index (χ0n) is 13.3. The van der Waals surface area contributed by atoms with Crippen molar-refractivity contribution in [3.8, 4) is 5.75 Å². The minimum absolute atomic E-state index is 0.0352. The van der Waals surface area contributed by atoms with Gasteiger partial charge in [0.2, 0.25) is 5.91 Å². The molecule has 0 aliphatic carbocycles. The van der Waals surface area contributed by atoms with Crippen LogP contribution in [0.1, 0.15) is 31.7 Å². The molecule has 0 aromatic heterocycles. The quantitative estimate of drug-likeness (QED) is 0.862. The molecule has 4 nitrogen and oxygen atoms in total. The van der Waals surface area contributed by atoms with Crippen LogP contribution in [0, 0.1) is 0 Å². The van der Waals surface area contributed by atoms with E-state index >= 15 is 0 Å². The highest BCUT2D eigenvalue weighted by molar-refractivity contribution is 5.88. The maximum absolute atomic E-state index is 12.3. The van der Waals surface area contributed by atoms with Gasteiger partial charge in [-0.15, -0.1) is 0 Å². The highest BCUT2D eigenvalue weighted by atomic mass is 16.5. The second-order valence-corrected chi connectivity index (χ2v) is 5.49. The van der Waals surface area contributed by atoms with E-state index in [0.717, 1.165) is 22.1 Å². The molecule has 0 saturated carbocycles. The molecule has 0 aliphatic rings. The first kappa shape index (κ1) is 16.3. The molecule has 4 heteroatoms. The van der Waals surface area contributed by atoms with Gasteiger partial charge in [-0.05, 0) is 41.8 Å². The molecular formula is C18H23NO3. The average molecular weight is 301 g/mol. The van der Waals surface area contributed by atoms with Crippen molar-refractivity contribution in [3.63, 3.8) is 0 Å². The van der Waals surface area contributed by atoms with E-state index in [4.69, 9.17) is 4.74 Å². The second kappa shape index (κ2) is 7.27. The molecule has 22 heavy (non-hydrogen) atoms. The lowest BCUT2D eigenvalue weighted by Crippen LogP contribution is -2.39. The number of aliphatic hydroxyl groups excluding tert-OH is 1. The molecule has 118 valence electrons. The van der Waals surface area contributed by atoms with Gasteiger partial charge in [0.25, 0.3) is 0 Å². The Balaban J connectivity index is 2.21. The number of nitrogens with one attached hydrogen (secondary N) is 1. The van der Waals surface area contributed by atoms with Crippen LogP contribution in [-0.2, 0) is 4.79 Å². The lowest BCUT2D eigenvalue weighted by Gasteiger charge is -2.18. The Bertz CT molecular complexity index is 650.